The Morgan fingerprint density at radius 3 is 2.76 bits per heavy atom. The Hall–Kier alpha value is -3.36. The van der Waals surface area contributed by atoms with Crippen molar-refractivity contribution in [3.8, 4) is 5.95 Å². The lowest BCUT2D eigenvalue weighted by atomic mass is 10.2. The van der Waals surface area contributed by atoms with Gasteiger partial charge in [-0.3, -0.25) is 0 Å². The van der Waals surface area contributed by atoms with Crippen LogP contribution in [0.15, 0.2) is 49.1 Å². The average Bonchev–Trinajstić information content (AvgIpc) is 3.06. The number of carbonyl (C=O) groups excluding carboxylic acids is 1. The molecule has 0 fully saturated rings. The number of hydrogen-bond donors (Lipinski definition) is 1. The van der Waals surface area contributed by atoms with Gasteiger partial charge in [0.25, 0.3) is 0 Å². The molecule has 128 valence electrons. The average molecular weight is 344 g/mol. The van der Waals surface area contributed by atoms with Gasteiger partial charge in [-0.05, 0) is 12.1 Å². The maximum absolute atomic E-state index is 13.7. The van der Waals surface area contributed by atoms with Gasteiger partial charge in [0.15, 0.2) is 0 Å². The van der Waals surface area contributed by atoms with E-state index in [-0.39, 0.29) is 12.1 Å². The van der Waals surface area contributed by atoms with Crippen LogP contribution in [0.2, 0.25) is 0 Å². The first-order valence-electron chi connectivity index (χ1n) is 7.31. The van der Waals surface area contributed by atoms with E-state index in [1.54, 1.807) is 24.7 Å². The van der Waals surface area contributed by atoms with Crippen molar-refractivity contribution < 1.29 is 13.6 Å². The monoisotopic (exact) mass is 344 g/mol. The van der Waals surface area contributed by atoms with Crippen LogP contribution < -0.4 is 5.32 Å². The Bertz CT molecular complexity index is 883. The quantitative estimate of drug-likeness (QED) is 0.789. The van der Waals surface area contributed by atoms with Crippen molar-refractivity contribution in [2.75, 3.05) is 12.4 Å². The fourth-order valence-electron chi connectivity index (χ4n) is 2.10. The van der Waals surface area contributed by atoms with Crippen LogP contribution in [0, 0.1) is 11.6 Å². The summed E-state index contributed by atoms with van der Waals surface area (Å²) in [7, 11) is 1.50. The largest absolute Gasteiger partial charge is 0.323 e. The van der Waals surface area contributed by atoms with Gasteiger partial charge >= 0.3 is 6.03 Å². The van der Waals surface area contributed by atoms with E-state index in [1.807, 2.05) is 0 Å². The van der Waals surface area contributed by atoms with Crippen LogP contribution in [0.1, 0.15) is 5.56 Å². The molecule has 7 nitrogen and oxygen atoms in total. The second-order valence-corrected chi connectivity index (χ2v) is 5.24. The van der Waals surface area contributed by atoms with E-state index in [2.05, 4.69) is 20.4 Å². The SMILES string of the molecule is CN(Cc1ccc(F)cc1F)C(=O)Nc1cnn(-c2ncccn2)c1. The molecular weight excluding hydrogens is 330 g/mol. The number of urea groups is 1. The van der Waals surface area contributed by atoms with Crippen LogP contribution in [0.3, 0.4) is 0 Å². The number of amides is 2. The van der Waals surface area contributed by atoms with Crippen LogP contribution in [-0.4, -0.2) is 37.7 Å². The van der Waals surface area contributed by atoms with Gasteiger partial charge in [-0.1, -0.05) is 6.07 Å². The van der Waals surface area contributed by atoms with E-state index in [1.165, 1.54) is 28.9 Å². The smallest absolute Gasteiger partial charge is 0.321 e. The highest BCUT2D eigenvalue weighted by Crippen LogP contribution is 2.13. The van der Waals surface area contributed by atoms with Crippen molar-refractivity contribution in [1.82, 2.24) is 24.6 Å². The molecule has 3 aromatic rings. The number of anilines is 1. The zero-order valence-electron chi connectivity index (χ0n) is 13.2. The number of benzene rings is 1. The number of halogens is 2. The van der Waals surface area contributed by atoms with Crippen molar-refractivity contribution >= 4 is 11.7 Å². The van der Waals surface area contributed by atoms with Crippen LogP contribution in [0.25, 0.3) is 5.95 Å². The molecule has 9 heteroatoms. The zero-order chi connectivity index (χ0) is 17.8. The Morgan fingerprint density at radius 1 is 1.28 bits per heavy atom. The molecule has 0 atom stereocenters. The fraction of sp³-hybridized carbons (Fsp3) is 0.125. The first-order valence-corrected chi connectivity index (χ1v) is 7.31. The first kappa shape index (κ1) is 16.5. The highest BCUT2D eigenvalue weighted by molar-refractivity contribution is 5.88. The summed E-state index contributed by atoms with van der Waals surface area (Å²) in [6.45, 7) is -0.00607. The van der Waals surface area contributed by atoms with E-state index in [9.17, 15) is 13.6 Å². The molecule has 0 aliphatic rings. The van der Waals surface area contributed by atoms with Gasteiger partial charge in [0.05, 0.1) is 18.1 Å². The number of carbonyl (C=O) groups is 1. The summed E-state index contributed by atoms with van der Waals surface area (Å²) in [5.41, 5.74) is 0.649. The molecule has 0 radical (unpaired) electrons. The summed E-state index contributed by atoms with van der Waals surface area (Å²) < 4.78 is 28.0. The third kappa shape index (κ3) is 3.94. The van der Waals surface area contributed by atoms with E-state index in [4.69, 9.17) is 0 Å². The lowest BCUT2D eigenvalue weighted by Gasteiger charge is -2.17. The van der Waals surface area contributed by atoms with Crippen molar-refractivity contribution in [3.05, 3.63) is 66.3 Å². The second-order valence-electron chi connectivity index (χ2n) is 5.24. The van der Waals surface area contributed by atoms with E-state index in [0.29, 0.717) is 11.6 Å². The third-order valence-corrected chi connectivity index (χ3v) is 3.36. The van der Waals surface area contributed by atoms with Gasteiger partial charge in [-0.15, -0.1) is 0 Å². The topological polar surface area (TPSA) is 75.9 Å². The van der Waals surface area contributed by atoms with Gasteiger partial charge < -0.3 is 10.2 Å². The lowest BCUT2D eigenvalue weighted by molar-refractivity contribution is 0.220. The number of nitrogens with one attached hydrogen (secondary N) is 1. The summed E-state index contributed by atoms with van der Waals surface area (Å²) in [5.74, 6) is -0.998. The molecule has 2 heterocycles. The van der Waals surface area contributed by atoms with Crippen molar-refractivity contribution in [2.45, 2.75) is 6.54 Å². The van der Waals surface area contributed by atoms with Crippen LogP contribution in [-0.2, 0) is 6.54 Å². The van der Waals surface area contributed by atoms with E-state index < -0.39 is 17.7 Å². The van der Waals surface area contributed by atoms with Crippen LogP contribution >= 0.6 is 0 Å². The molecule has 0 bridgehead atoms. The van der Waals surface area contributed by atoms with Gasteiger partial charge in [0.1, 0.15) is 11.6 Å². The van der Waals surface area contributed by atoms with Gasteiger partial charge in [-0.25, -0.2) is 28.2 Å². The summed E-state index contributed by atoms with van der Waals surface area (Å²) in [6.07, 6.45) is 6.15. The first-order chi connectivity index (χ1) is 12.0. The third-order valence-electron chi connectivity index (χ3n) is 3.36. The Morgan fingerprint density at radius 2 is 2.04 bits per heavy atom. The predicted molar refractivity (Wildman–Crippen MR) is 86.0 cm³/mol. The van der Waals surface area contributed by atoms with Crippen molar-refractivity contribution in [3.63, 3.8) is 0 Å². The molecule has 1 N–H and O–H groups in total. The molecular formula is C16H14F2N6O. The number of nitrogens with zero attached hydrogens (tertiary/aromatic N) is 5. The molecule has 0 unspecified atom stereocenters. The van der Waals surface area contributed by atoms with Gasteiger partial charge in [-0.2, -0.15) is 5.10 Å². The number of rotatable bonds is 4. The predicted octanol–water partition coefficient (Wildman–Crippen LogP) is 2.60. The van der Waals surface area contributed by atoms with Crippen LogP contribution in [0.4, 0.5) is 19.3 Å². The molecule has 3 rings (SSSR count). The summed E-state index contributed by atoms with van der Waals surface area (Å²) in [5, 5.41) is 6.70. The fourth-order valence-corrected chi connectivity index (χ4v) is 2.10. The van der Waals surface area contributed by atoms with Crippen molar-refractivity contribution in [2.24, 2.45) is 0 Å². The van der Waals surface area contributed by atoms with E-state index >= 15 is 0 Å². The Kier molecular flexibility index (Phi) is 4.64. The van der Waals surface area contributed by atoms with E-state index in [0.717, 1.165) is 12.1 Å². The maximum Gasteiger partial charge on any atom is 0.321 e. The Balaban J connectivity index is 1.65. The molecule has 0 spiro atoms. The van der Waals surface area contributed by atoms with Crippen LogP contribution in [0.5, 0.6) is 0 Å². The number of hydrogen-bond acceptors (Lipinski definition) is 4. The highest BCUT2D eigenvalue weighted by Gasteiger charge is 2.13. The maximum atomic E-state index is 13.7. The minimum atomic E-state index is -0.700. The summed E-state index contributed by atoms with van der Waals surface area (Å²) in [4.78, 5) is 21.5. The minimum absolute atomic E-state index is 0.00607. The molecule has 0 aliphatic heterocycles. The molecule has 2 aromatic heterocycles. The zero-order valence-corrected chi connectivity index (χ0v) is 13.2. The summed E-state index contributed by atoms with van der Waals surface area (Å²) in [6, 6.07) is 4.45. The molecule has 1 aromatic carbocycles. The molecule has 0 saturated carbocycles. The molecule has 25 heavy (non-hydrogen) atoms. The molecule has 0 aliphatic carbocycles. The number of aromatic nitrogens is 4. The molecule has 2 amide bonds. The standard InChI is InChI=1S/C16H14F2N6O/c1-23(9-11-3-4-12(17)7-14(11)18)16(25)22-13-8-21-24(10-13)15-19-5-2-6-20-15/h2-8,10H,9H2,1H3,(H,22,25). The summed E-state index contributed by atoms with van der Waals surface area (Å²) >= 11 is 0. The second kappa shape index (κ2) is 7.04. The van der Waals surface area contributed by atoms with Crippen molar-refractivity contribution in [1.29, 1.82) is 0 Å². The minimum Gasteiger partial charge on any atom is -0.323 e. The lowest BCUT2D eigenvalue weighted by Crippen LogP contribution is -2.31. The Labute approximate surface area is 141 Å². The highest BCUT2D eigenvalue weighted by atomic mass is 19.1. The van der Waals surface area contributed by atoms with Gasteiger partial charge in [0, 0.05) is 37.6 Å². The van der Waals surface area contributed by atoms with Gasteiger partial charge in [0.2, 0.25) is 5.95 Å². The normalized spacial score (nSPS) is 10.5. The molecule has 0 saturated heterocycles.